The molecular formula is C13H19NO3. The molecule has 2 rings (SSSR count). The van der Waals surface area contributed by atoms with Crippen LogP contribution in [0.25, 0.3) is 0 Å². The van der Waals surface area contributed by atoms with Crippen LogP contribution in [-0.4, -0.2) is 31.5 Å². The number of methoxy groups -OCH3 is 1. The molecule has 0 radical (unpaired) electrons. The molecule has 1 fully saturated rings. The molecule has 0 spiro atoms. The smallest absolute Gasteiger partial charge is 0.160 e. The number of ether oxygens (including phenoxy) is 2. The zero-order valence-corrected chi connectivity index (χ0v) is 10.1. The van der Waals surface area contributed by atoms with E-state index in [1.807, 2.05) is 6.07 Å². The lowest BCUT2D eigenvalue weighted by Gasteiger charge is -2.23. The fourth-order valence-corrected chi connectivity index (χ4v) is 2.01. The molecule has 2 N–H and O–H groups in total. The molecule has 4 heteroatoms. The summed E-state index contributed by atoms with van der Waals surface area (Å²) in [6.07, 6.45) is 2.12. The maximum atomic E-state index is 9.66. The van der Waals surface area contributed by atoms with Crippen LogP contribution in [0, 0.1) is 0 Å². The number of phenolic OH excluding ortho intramolecular Hbond substituents is 1. The van der Waals surface area contributed by atoms with Gasteiger partial charge in [0.1, 0.15) is 0 Å². The molecule has 0 aromatic heterocycles. The summed E-state index contributed by atoms with van der Waals surface area (Å²) in [5.74, 6) is 0.707. The Bertz CT molecular complexity index is 362. The van der Waals surface area contributed by atoms with E-state index in [9.17, 15) is 5.11 Å². The molecule has 0 saturated carbocycles. The van der Waals surface area contributed by atoms with Gasteiger partial charge in [-0.05, 0) is 30.5 Å². The Labute approximate surface area is 102 Å². The summed E-state index contributed by atoms with van der Waals surface area (Å²) in [7, 11) is 1.55. The minimum atomic E-state index is 0.193. The quantitative estimate of drug-likeness (QED) is 0.836. The van der Waals surface area contributed by atoms with E-state index in [0.29, 0.717) is 11.8 Å². The van der Waals surface area contributed by atoms with Crippen LogP contribution in [0.5, 0.6) is 11.5 Å². The monoisotopic (exact) mass is 237 g/mol. The average molecular weight is 237 g/mol. The third-order valence-corrected chi connectivity index (χ3v) is 3.06. The van der Waals surface area contributed by atoms with E-state index in [1.165, 1.54) is 0 Å². The Hall–Kier alpha value is -1.26. The Morgan fingerprint density at radius 2 is 2.18 bits per heavy atom. The summed E-state index contributed by atoms with van der Waals surface area (Å²) in [4.78, 5) is 0. The highest BCUT2D eigenvalue weighted by Crippen LogP contribution is 2.26. The fraction of sp³-hybridized carbons (Fsp3) is 0.538. The van der Waals surface area contributed by atoms with Crippen molar-refractivity contribution in [1.82, 2.24) is 5.32 Å². The molecule has 1 aromatic rings. The van der Waals surface area contributed by atoms with Crippen molar-refractivity contribution in [1.29, 1.82) is 0 Å². The highest BCUT2D eigenvalue weighted by atomic mass is 16.5. The van der Waals surface area contributed by atoms with Crippen molar-refractivity contribution in [3.8, 4) is 11.5 Å². The average Bonchev–Trinajstić information content (AvgIpc) is 2.38. The van der Waals surface area contributed by atoms with Gasteiger partial charge in [0.2, 0.25) is 0 Å². The van der Waals surface area contributed by atoms with Crippen molar-refractivity contribution in [2.75, 3.05) is 20.3 Å². The standard InChI is InChI=1S/C13H19NO3/c1-16-13-3-2-10(8-12(13)15)9-14-11-4-6-17-7-5-11/h2-3,8,11,14-15H,4-7,9H2,1H3. The van der Waals surface area contributed by atoms with Crippen molar-refractivity contribution >= 4 is 0 Å². The molecule has 94 valence electrons. The van der Waals surface area contributed by atoms with Crippen LogP contribution in [0.15, 0.2) is 18.2 Å². The van der Waals surface area contributed by atoms with Gasteiger partial charge in [-0.1, -0.05) is 6.07 Å². The molecule has 0 unspecified atom stereocenters. The summed E-state index contributed by atoms with van der Waals surface area (Å²) < 4.78 is 10.3. The van der Waals surface area contributed by atoms with Crippen molar-refractivity contribution < 1.29 is 14.6 Å². The van der Waals surface area contributed by atoms with E-state index in [4.69, 9.17) is 9.47 Å². The summed E-state index contributed by atoms with van der Waals surface area (Å²) in [5.41, 5.74) is 1.06. The maximum Gasteiger partial charge on any atom is 0.160 e. The Kier molecular flexibility index (Phi) is 4.23. The van der Waals surface area contributed by atoms with Crippen molar-refractivity contribution in [2.45, 2.75) is 25.4 Å². The minimum Gasteiger partial charge on any atom is -0.504 e. The highest BCUT2D eigenvalue weighted by Gasteiger charge is 2.12. The summed E-state index contributed by atoms with van der Waals surface area (Å²) >= 11 is 0. The SMILES string of the molecule is COc1ccc(CNC2CCOCC2)cc1O. The molecule has 4 nitrogen and oxygen atoms in total. The van der Waals surface area contributed by atoms with Gasteiger partial charge in [-0.3, -0.25) is 0 Å². The van der Waals surface area contributed by atoms with Crippen LogP contribution in [-0.2, 0) is 11.3 Å². The molecule has 0 bridgehead atoms. The number of benzene rings is 1. The second-order valence-electron chi connectivity index (χ2n) is 4.27. The number of aromatic hydroxyl groups is 1. The van der Waals surface area contributed by atoms with E-state index in [1.54, 1.807) is 19.2 Å². The van der Waals surface area contributed by atoms with Gasteiger partial charge in [0.05, 0.1) is 7.11 Å². The van der Waals surface area contributed by atoms with Crippen LogP contribution < -0.4 is 10.1 Å². The number of hydrogen-bond acceptors (Lipinski definition) is 4. The van der Waals surface area contributed by atoms with Gasteiger partial charge in [-0.25, -0.2) is 0 Å². The number of nitrogens with one attached hydrogen (secondary N) is 1. The van der Waals surface area contributed by atoms with Crippen LogP contribution >= 0.6 is 0 Å². The van der Waals surface area contributed by atoms with Crippen LogP contribution in [0.3, 0.4) is 0 Å². The topological polar surface area (TPSA) is 50.7 Å². The molecule has 17 heavy (non-hydrogen) atoms. The predicted molar refractivity (Wildman–Crippen MR) is 65.3 cm³/mol. The largest absolute Gasteiger partial charge is 0.504 e. The van der Waals surface area contributed by atoms with Gasteiger partial charge in [0.15, 0.2) is 11.5 Å². The van der Waals surface area contributed by atoms with E-state index < -0.39 is 0 Å². The zero-order valence-electron chi connectivity index (χ0n) is 10.1. The summed E-state index contributed by atoms with van der Waals surface area (Å²) in [6, 6.07) is 6.01. The lowest BCUT2D eigenvalue weighted by Crippen LogP contribution is -2.34. The Morgan fingerprint density at radius 1 is 1.41 bits per heavy atom. The zero-order chi connectivity index (χ0) is 12.1. The first-order valence-corrected chi connectivity index (χ1v) is 5.96. The molecule has 1 aromatic carbocycles. The third kappa shape index (κ3) is 3.35. The molecule has 1 saturated heterocycles. The fourth-order valence-electron chi connectivity index (χ4n) is 2.01. The van der Waals surface area contributed by atoms with Gasteiger partial charge in [-0.15, -0.1) is 0 Å². The van der Waals surface area contributed by atoms with E-state index in [2.05, 4.69) is 5.32 Å². The summed E-state index contributed by atoms with van der Waals surface area (Å²) in [5, 5.41) is 13.1. The van der Waals surface area contributed by atoms with E-state index in [0.717, 1.165) is 38.2 Å². The van der Waals surface area contributed by atoms with E-state index >= 15 is 0 Å². The lowest BCUT2D eigenvalue weighted by atomic mass is 10.1. The summed E-state index contributed by atoms with van der Waals surface area (Å²) in [6.45, 7) is 2.44. The molecule has 0 aliphatic carbocycles. The third-order valence-electron chi connectivity index (χ3n) is 3.06. The van der Waals surface area contributed by atoms with Gasteiger partial charge < -0.3 is 19.9 Å². The lowest BCUT2D eigenvalue weighted by molar-refractivity contribution is 0.0776. The van der Waals surface area contributed by atoms with Crippen LogP contribution in [0.2, 0.25) is 0 Å². The first-order valence-electron chi connectivity index (χ1n) is 5.96. The first kappa shape index (κ1) is 12.2. The molecule has 0 amide bonds. The van der Waals surface area contributed by atoms with Gasteiger partial charge in [0, 0.05) is 25.8 Å². The van der Waals surface area contributed by atoms with Crippen LogP contribution in [0.4, 0.5) is 0 Å². The minimum absolute atomic E-state index is 0.193. The Morgan fingerprint density at radius 3 is 2.82 bits per heavy atom. The van der Waals surface area contributed by atoms with E-state index in [-0.39, 0.29) is 5.75 Å². The van der Waals surface area contributed by atoms with Crippen molar-refractivity contribution in [3.63, 3.8) is 0 Å². The van der Waals surface area contributed by atoms with Crippen LogP contribution in [0.1, 0.15) is 18.4 Å². The van der Waals surface area contributed by atoms with Gasteiger partial charge in [-0.2, -0.15) is 0 Å². The van der Waals surface area contributed by atoms with Gasteiger partial charge >= 0.3 is 0 Å². The highest BCUT2D eigenvalue weighted by molar-refractivity contribution is 5.41. The normalized spacial score (nSPS) is 17.0. The second-order valence-corrected chi connectivity index (χ2v) is 4.27. The molecule has 1 aliphatic rings. The molecule has 0 atom stereocenters. The Balaban J connectivity index is 1.87. The first-order chi connectivity index (χ1) is 8.29. The number of hydrogen-bond donors (Lipinski definition) is 2. The molecule has 1 aliphatic heterocycles. The maximum absolute atomic E-state index is 9.66. The molecule has 1 heterocycles. The van der Waals surface area contributed by atoms with Gasteiger partial charge in [0.25, 0.3) is 0 Å². The van der Waals surface area contributed by atoms with Crippen molar-refractivity contribution in [3.05, 3.63) is 23.8 Å². The molecular weight excluding hydrogens is 218 g/mol. The number of phenols is 1. The second kappa shape index (κ2) is 5.89. The van der Waals surface area contributed by atoms with Crippen molar-refractivity contribution in [2.24, 2.45) is 0 Å². The number of rotatable bonds is 4. The predicted octanol–water partition coefficient (Wildman–Crippen LogP) is 1.67.